The molecule has 0 amide bonds. The zero-order valence-corrected chi connectivity index (χ0v) is 10.8. The zero-order valence-electron chi connectivity index (χ0n) is 10.8. The van der Waals surface area contributed by atoms with Crippen LogP contribution in [0.1, 0.15) is 12.5 Å². The maximum Gasteiger partial charge on any atom is 0.128 e. The van der Waals surface area contributed by atoms with E-state index in [0.29, 0.717) is 6.61 Å². The zero-order chi connectivity index (χ0) is 12.3. The highest BCUT2D eigenvalue weighted by Gasteiger charge is 2.09. The van der Waals surface area contributed by atoms with E-state index in [1.165, 1.54) is 10.9 Å². The molecule has 1 N–H and O–H groups in total. The fourth-order valence-electron chi connectivity index (χ4n) is 2.04. The second-order valence-corrected chi connectivity index (χ2v) is 4.48. The van der Waals surface area contributed by atoms with Crippen LogP contribution >= 0.6 is 0 Å². The Morgan fingerprint density at radius 3 is 2.82 bits per heavy atom. The average Bonchev–Trinajstić information content (AvgIpc) is 2.71. The minimum absolute atomic E-state index is 0.706. The number of aromatic nitrogens is 1. The average molecular weight is 232 g/mol. The standard InChI is InChI=1S/C14H20N2O/c1-4-17-13-7-5-6-12-14(13)11(10-15-12)8-9-16(2)3/h5-7,10,15H,4,8-9H2,1-3H3. The van der Waals surface area contributed by atoms with Crippen LogP contribution in [0.25, 0.3) is 10.9 Å². The van der Waals surface area contributed by atoms with Gasteiger partial charge in [0.25, 0.3) is 0 Å². The van der Waals surface area contributed by atoms with Gasteiger partial charge in [0.05, 0.1) is 6.61 Å². The third-order valence-corrected chi connectivity index (χ3v) is 2.88. The molecular weight excluding hydrogens is 212 g/mol. The van der Waals surface area contributed by atoms with Gasteiger partial charge in [-0.2, -0.15) is 0 Å². The molecule has 0 aliphatic heterocycles. The van der Waals surface area contributed by atoms with Crippen LogP contribution in [0.4, 0.5) is 0 Å². The van der Waals surface area contributed by atoms with E-state index >= 15 is 0 Å². The Labute approximate surface area is 102 Å². The van der Waals surface area contributed by atoms with Crippen LogP contribution in [0, 0.1) is 0 Å². The summed E-state index contributed by atoms with van der Waals surface area (Å²) in [5, 5.41) is 1.23. The molecule has 2 rings (SSSR count). The van der Waals surface area contributed by atoms with Gasteiger partial charge >= 0.3 is 0 Å². The van der Waals surface area contributed by atoms with Crippen molar-refractivity contribution in [2.24, 2.45) is 0 Å². The molecule has 2 aromatic rings. The Kier molecular flexibility index (Phi) is 3.69. The molecule has 1 aromatic heterocycles. The SMILES string of the molecule is CCOc1cccc2[nH]cc(CCN(C)C)c12. The van der Waals surface area contributed by atoms with Gasteiger partial charge in [-0.05, 0) is 45.1 Å². The number of likely N-dealkylation sites (N-methyl/N-ethyl adjacent to an activating group) is 1. The third-order valence-electron chi connectivity index (χ3n) is 2.88. The predicted molar refractivity (Wildman–Crippen MR) is 71.7 cm³/mol. The molecule has 1 aromatic carbocycles. The number of aromatic amines is 1. The van der Waals surface area contributed by atoms with E-state index in [0.717, 1.165) is 24.2 Å². The normalized spacial score (nSPS) is 11.3. The van der Waals surface area contributed by atoms with E-state index in [-0.39, 0.29) is 0 Å². The minimum atomic E-state index is 0.706. The smallest absolute Gasteiger partial charge is 0.128 e. The predicted octanol–water partition coefficient (Wildman–Crippen LogP) is 2.67. The van der Waals surface area contributed by atoms with Crippen molar-refractivity contribution in [1.82, 2.24) is 9.88 Å². The quantitative estimate of drug-likeness (QED) is 0.858. The van der Waals surface area contributed by atoms with Crippen LogP contribution in [-0.4, -0.2) is 37.1 Å². The first-order valence-electron chi connectivity index (χ1n) is 6.09. The van der Waals surface area contributed by atoms with Crippen molar-refractivity contribution in [3.8, 4) is 5.75 Å². The molecule has 3 nitrogen and oxygen atoms in total. The van der Waals surface area contributed by atoms with Gasteiger partial charge in [0.15, 0.2) is 0 Å². The van der Waals surface area contributed by atoms with Gasteiger partial charge in [-0.1, -0.05) is 6.07 Å². The molecule has 0 aliphatic rings. The van der Waals surface area contributed by atoms with E-state index in [1.807, 2.05) is 19.1 Å². The van der Waals surface area contributed by atoms with Crippen LogP contribution in [0.2, 0.25) is 0 Å². The summed E-state index contributed by atoms with van der Waals surface area (Å²) < 4.78 is 5.69. The number of ether oxygens (including phenoxy) is 1. The first-order chi connectivity index (χ1) is 8.22. The molecule has 1 heterocycles. The van der Waals surface area contributed by atoms with E-state index in [4.69, 9.17) is 4.74 Å². The Balaban J connectivity index is 2.35. The van der Waals surface area contributed by atoms with Crippen molar-refractivity contribution < 1.29 is 4.74 Å². The molecule has 0 unspecified atom stereocenters. The van der Waals surface area contributed by atoms with Crippen molar-refractivity contribution in [3.63, 3.8) is 0 Å². The van der Waals surface area contributed by atoms with Crippen LogP contribution in [0.15, 0.2) is 24.4 Å². The van der Waals surface area contributed by atoms with Crippen LogP contribution < -0.4 is 4.74 Å². The number of nitrogens with one attached hydrogen (secondary N) is 1. The number of H-pyrrole nitrogens is 1. The summed E-state index contributed by atoms with van der Waals surface area (Å²) >= 11 is 0. The first-order valence-corrected chi connectivity index (χ1v) is 6.09. The monoisotopic (exact) mass is 232 g/mol. The summed E-state index contributed by atoms with van der Waals surface area (Å²) in [6.07, 6.45) is 3.13. The summed E-state index contributed by atoms with van der Waals surface area (Å²) in [5.74, 6) is 0.986. The number of benzene rings is 1. The van der Waals surface area contributed by atoms with E-state index in [9.17, 15) is 0 Å². The molecule has 3 heteroatoms. The molecule has 92 valence electrons. The molecule has 17 heavy (non-hydrogen) atoms. The minimum Gasteiger partial charge on any atom is -0.493 e. The number of fused-ring (bicyclic) bond motifs is 1. The van der Waals surface area contributed by atoms with Crippen molar-refractivity contribution in [1.29, 1.82) is 0 Å². The van der Waals surface area contributed by atoms with Crippen molar-refractivity contribution in [2.45, 2.75) is 13.3 Å². The topological polar surface area (TPSA) is 28.3 Å². The molecule has 0 spiro atoms. The van der Waals surface area contributed by atoms with Gasteiger partial charge in [0, 0.05) is 23.6 Å². The summed E-state index contributed by atoms with van der Waals surface area (Å²) in [6.45, 7) is 3.77. The molecular formula is C14H20N2O. The van der Waals surface area contributed by atoms with E-state index in [1.54, 1.807) is 0 Å². The Bertz CT molecular complexity index is 488. The van der Waals surface area contributed by atoms with Crippen LogP contribution in [-0.2, 0) is 6.42 Å². The lowest BCUT2D eigenvalue weighted by molar-refractivity contribution is 0.344. The highest BCUT2D eigenvalue weighted by Crippen LogP contribution is 2.29. The maximum absolute atomic E-state index is 5.69. The Morgan fingerprint density at radius 1 is 1.29 bits per heavy atom. The first kappa shape index (κ1) is 12.0. The molecule has 0 fully saturated rings. The molecule has 0 atom stereocenters. The lowest BCUT2D eigenvalue weighted by atomic mass is 10.1. The highest BCUT2D eigenvalue weighted by molar-refractivity contribution is 5.89. The summed E-state index contributed by atoms with van der Waals surface area (Å²) in [6, 6.07) is 6.16. The number of nitrogens with zero attached hydrogens (tertiary/aromatic N) is 1. The Morgan fingerprint density at radius 2 is 2.12 bits per heavy atom. The van der Waals surface area contributed by atoms with Gasteiger partial charge in [-0.15, -0.1) is 0 Å². The number of hydrogen-bond acceptors (Lipinski definition) is 2. The molecule has 0 saturated heterocycles. The fourth-order valence-corrected chi connectivity index (χ4v) is 2.04. The second-order valence-electron chi connectivity index (χ2n) is 4.48. The van der Waals surface area contributed by atoms with E-state index in [2.05, 4.69) is 36.2 Å². The van der Waals surface area contributed by atoms with Gasteiger partial charge in [-0.25, -0.2) is 0 Å². The van der Waals surface area contributed by atoms with Crippen molar-refractivity contribution in [3.05, 3.63) is 30.0 Å². The summed E-state index contributed by atoms with van der Waals surface area (Å²) in [7, 11) is 4.19. The maximum atomic E-state index is 5.69. The second kappa shape index (κ2) is 5.23. The molecule has 0 aliphatic carbocycles. The molecule has 0 radical (unpaired) electrons. The van der Waals surface area contributed by atoms with Gasteiger partial charge < -0.3 is 14.6 Å². The lowest BCUT2D eigenvalue weighted by Gasteiger charge is -2.10. The van der Waals surface area contributed by atoms with Gasteiger partial charge in [0.1, 0.15) is 5.75 Å². The lowest BCUT2D eigenvalue weighted by Crippen LogP contribution is -2.14. The van der Waals surface area contributed by atoms with Gasteiger partial charge in [0.2, 0.25) is 0 Å². The van der Waals surface area contributed by atoms with Crippen LogP contribution in [0.5, 0.6) is 5.75 Å². The van der Waals surface area contributed by atoms with Crippen LogP contribution in [0.3, 0.4) is 0 Å². The Hall–Kier alpha value is -1.48. The van der Waals surface area contributed by atoms with Gasteiger partial charge in [-0.3, -0.25) is 0 Å². The van der Waals surface area contributed by atoms with Crippen molar-refractivity contribution >= 4 is 10.9 Å². The van der Waals surface area contributed by atoms with Crippen molar-refractivity contribution in [2.75, 3.05) is 27.2 Å². The number of hydrogen-bond donors (Lipinski definition) is 1. The summed E-state index contributed by atoms with van der Waals surface area (Å²) in [4.78, 5) is 5.51. The molecule has 0 bridgehead atoms. The van der Waals surface area contributed by atoms with E-state index < -0.39 is 0 Å². The third kappa shape index (κ3) is 2.61. The fraction of sp³-hybridized carbons (Fsp3) is 0.429. The number of rotatable bonds is 5. The largest absolute Gasteiger partial charge is 0.493 e. The molecule has 0 saturated carbocycles. The summed E-state index contributed by atoms with van der Waals surface area (Å²) in [5.41, 5.74) is 2.49. The highest BCUT2D eigenvalue weighted by atomic mass is 16.5.